The molecule has 1 unspecified atom stereocenters. The summed E-state index contributed by atoms with van der Waals surface area (Å²) in [4.78, 5) is 2.59. The van der Waals surface area contributed by atoms with Crippen LogP contribution in [0.3, 0.4) is 0 Å². The Kier molecular flexibility index (Phi) is 10.5. The molecule has 0 spiro atoms. The van der Waals surface area contributed by atoms with Crippen molar-refractivity contribution in [1.82, 2.24) is 4.90 Å². The van der Waals surface area contributed by atoms with Gasteiger partial charge in [0, 0.05) is 29.4 Å². The molecule has 0 bridgehead atoms. The normalized spacial score (nSPS) is 18.8. The van der Waals surface area contributed by atoms with Gasteiger partial charge in [-0.3, -0.25) is 9.11 Å². The topological polar surface area (TPSA) is 51.8 Å². The van der Waals surface area contributed by atoms with E-state index in [0.717, 1.165) is 18.2 Å². The fourth-order valence-electron chi connectivity index (χ4n) is 3.62. The van der Waals surface area contributed by atoms with Crippen molar-refractivity contribution in [3.05, 3.63) is 35.4 Å². The van der Waals surface area contributed by atoms with Crippen LogP contribution < -0.4 is 0 Å². The van der Waals surface area contributed by atoms with Crippen LogP contribution in [0.1, 0.15) is 57.6 Å². The predicted molar refractivity (Wildman–Crippen MR) is 112 cm³/mol. The minimum Gasteiger partial charge on any atom is -0.412 e. The summed E-state index contributed by atoms with van der Waals surface area (Å²) in [5.74, 6) is 1.98. The molecule has 1 fully saturated rings. The smallest absolute Gasteiger partial charge is 0.0298 e. The first kappa shape index (κ1) is 24.6. The van der Waals surface area contributed by atoms with Crippen LogP contribution in [-0.2, 0) is 17.3 Å². The molecule has 2 atom stereocenters. The standard InChI is InChI=1S/C20H33NOS.ClH.H2O/c1-16(15-23(5)22)18-8-6-17(7-9-18)14-21-12-10-19(11-13-21)20(2,3)4;;/h6-9,16,19H,10-15H2,1-5H3;1H;1H2/t16-,23?;;/m0../s1. The highest BCUT2D eigenvalue weighted by molar-refractivity contribution is 7.84. The van der Waals surface area contributed by atoms with Crippen molar-refractivity contribution >= 4 is 23.2 Å². The maximum Gasteiger partial charge on any atom is 0.0298 e. The average Bonchev–Trinajstić information content (AvgIpc) is 2.47. The molecule has 1 aromatic rings. The van der Waals surface area contributed by atoms with E-state index in [1.165, 1.54) is 37.1 Å². The maximum absolute atomic E-state index is 11.4. The lowest BCUT2D eigenvalue weighted by Gasteiger charge is -2.38. The molecule has 1 saturated heterocycles. The monoisotopic (exact) mass is 389 g/mol. The van der Waals surface area contributed by atoms with Gasteiger partial charge in [0.1, 0.15) is 0 Å². The van der Waals surface area contributed by atoms with E-state index in [2.05, 4.69) is 56.9 Å². The summed E-state index contributed by atoms with van der Waals surface area (Å²) in [6.45, 7) is 12.8. The molecule has 1 heterocycles. The zero-order chi connectivity index (χ0) is 17.0. The predicted octanol–water partition coefficient (Wildman–Crippen LogP) is 4.02. The number of hydrogen-bond acceptors (Lipinski definition) is 2. The van der Waals surface area contributed by atoms with Crippen molar-refractivity contribution < 1.29 is 9.69 Å². The third-order valence-electron chi connectivity index (χ3n) is 5.25. The number of rotatable bonds is 5. The van der Waals surface area contributed by atoms with Gasteiger partial charge in [0.05, 0.1) is 0 Å². The quantitative estimate of drug-likeness (QED) is 0.763. The Bertz CT molecular complexity index is 519. The molecule has 146 valence electrons. The van der Waals surface area contributed by atoms with Gasteiger partial charge in [0.25, 0.3) is 0 Å². The molecule has 1 aromatic carbocycles. The summed E-state index contributed by atoms with van der Waals surface area (Å²) in [6, 6.07) is 8.93. The first-order chi connectivity index (χ1) is 10.8. The van der Waals surface area contributed by atoms with E-state index >= 15 is 0 Å². The van der Waals surface area contributed by atoms with E-state index in [-0.39, 0.29) is 17.9 Å². The van der Waals surface area contributed by atoms with Gasteiger partial charge in [-0.15, -0.1) is 12.4 Å². The van der Waals surface area contributed by atoms with Crippen LogP contribution in [0.5, 0.6) is 0 Å². The number of piperidine rings is 1. The highest BCUT2D eigenvalue weighted by atomic mass is 35.5. The fraction of sp³-hybridized carbons (Fsp3) is 0.700. The van der Waals surface area contributed by atoms with E-state index in [0.29, 0.717) is 11.3 Å². The Morgan fingerprint density at radius 1 is 1.16 bits per heavy atom. The van der Waals surface area contributed by atoms with Crippen molar-refractivity contribution in [3.63, 3.8) is 0 Å². The van der Waals surface area contributed by atoms with Crippen molar-refractivity contribution in [3.8, 4) is 0 Å². The van der Waals surface area contributed by atoms with Crippen LogP contribution in [0, 0.1) is 11.3 Å². The summed E-state index contributed by atoms with van der Waals surface area (Å²) < 4.78 is 11.4. The molecular weight excluding hydrogens is 354 g/mol. The first-order valence-corrected chi connectivity index (χ1v) is 10.6. The molecule has 1 aliphatic rings. The van der Waals surface area contributed by atoms with Gasteiger partial charge < -0.3 is 5.48 Å². The maximum atomic E-state index is 11.4. The van der Waals surface area contributed by atoms with Crippen LogP contribution in [0.4, 0.5) is 0 Å². The zero-order valence-electron chi connectivity index (χ0n) is 16.4. The molecule has 0 radical (unpaired) electrons. The third kappa shape index (κ3) is 7.78. The van der Waals surface area contributed by atoms with Crippen molar-refractivity contribution in [2.45, 2.75) is 53.0 Å². The molecule has 1 aliphatic heterocycles. The zero-order valence-corrected chi connectivity index (χ0v) is 18.0. The summed E-state index contributed by atoms with van der Waals surface area (Å²) >= 11 is 0. The summed E-state index contributed by atoms with van der Waals surface area (Å²) in [5, 5.41) is 0. The Morgan fingerprint density at radius 2 is 1.68 bits per heavy atom. The molecule has 3 nitrogen and oxygen atoms in total. The molecule has 5 heteroatoms. The lowest BCUT2D eigenvalue weighted by Crippen LogP contribution is -2.37. The second-order valence-electron chi connectivity index (χ2n) is 8.30. The van der Waals surface area contributed by atoms with Gasteiger partial charge in [0.2, 0.25) is 0 Å². The molecule has 0 amide bonds. The van der Waals surface area contributed by atoms with Gasteiger partial charge in [0.15, 0.2) is 0 Å². The number of hydrogen-bond donors (Lipinski definition) is 0. The fourth-order valence-corrected chi connectivity index (χ4v) is 4.51. The largest absolute Gasteiger partial charge is 0.412 e. The highest BCUT2D eigenvalue weighted by Crippen LogP contribution is 2.34. The number of likely N-dealkylation sites (tertiary alicyclic amines) is 1. The number of nitrogens with zero attached hydrogens (tertiary/aromatic N) is 1. The molecule has 25 heavy (non-hydrogen) atoms. The highest BCUT2D eigenvalue weighted by Gasteiger charge is 2.28. The second-order valence-corrected chi connectivity index (χ2v) is 9.78. The van der Waals surface area contributed by atoms with E-state index in [1.807, 2.05) is 0 Å². The SMILES string of the molecule is C[C@@H](CS(C)=O)c1ccc(CN2CCC(C(C)(C)C)CC2)cc1.Cl.O. The van der Waals surface area contributed by atoms with E-state index in [1.54, 1.807) is 6.26 Å². The summed E-state index contributed by atoms with van der Waals surface area (Å²) in [7, 11) is -0.726. The van der Waals surface area contributed by atoms with Crippen LogP contribution >= 0.6 is 12.4 Å². The Hall–Kier alpha value is -0.420. The Labute approximate surface area is 162 Å². The first-order valence-electron chi connectivity index (χ1n) is 8.87. The average molecular weight is 390 g/mol. The van der Waals surface area contributed by atoms with Crippen molar-refractivity contribution in [1.29, 1.82) is 0 Å². The van der Waals surface area contributed by atoms with Crippen LogP contribution in [0.25, 0.3) is 0 Å². The summed E-state index contributed by atoms with van der Waals surface area (Å²) in [5.41, 5.74) is 3.15. The Morgan fingerprint density at radius 3 is 2.12 bits per heavy atom. The van der Waals surface area contributed by atoms with Gasteiger partial charge in [-0.25, -0.2) is 0 Å². The van der Waals surface area contributed by atoms with Crippen molar-refractivity contribution in [2.24, 2.45) is 11.3 Å². The Balaban J connectivity index is 0.00000288. The molecule has 2 N–H and O–H groups in total. The van der Waals surface area contributed by atoms with Gasteiger partial charge in [-0.1, -0.05) is 52.0 Å². The van der Waals surface area contributed by atoms with Crippen LogP contribution in [0.2, 0.25) is 0 Å². The molecular formula is C20H36ClNO2S. The van der Waals surface area contributed by atoms with Crippen LogP contribution in [0.15, 0.2) is 24.3 Å². The van der Waals surface area contributed by atoms with E-state index in [4.69, 9.17) is 0 Å². The number of halogens is 1. The van der Waals surface area contributed by atoms with Gasteiger partial charge in [-0.05, 0) is 54.3 Å². The van der Waals surface area contributed by atoms with E-state index in [9.17, 15) is 4.21 Å². The third-order valence-corrected chi connectivity index (χ3v) is 6.22. The van der Waals surface area contributed by atoms with Gasteiger partial charge in [-0.2, -0.15) is 0 Å². The minimum atomic E-state index is -0.726. The second kappa shape index (κ2) is 10.7. The minimum absolute atomic E-state index is 0. The lowest BCUT2D eigenvalue weighted by atomic mass is 9.75. The van der Waals surface area contributed by atoms with Crippen LogP contribution in [-0.4, -0.2) is 39.7 Å². The number of benzene rings is 1. The van der Waals surface area contributed by atoms with Gasteiger partial charge >= 0.3 is 0 Å². The molecule has 2 rings (SSSR count). The molecule has 0 aliphatic carbocycles. The summed E-state index contributed by atoms with van der Waals surface area (Å²) in [6.07, 6.45) is 4.42. The lowest BCUT2D eigenvalue weighted by molar-refractivity contribution is 0.108. The molecule has 0 saturated carbocycles. The molecule has 0 aromatic heterocycles. The van der Waals surface area contributed by atoms with E-state index < -0.39 is 10.8 Å². The van der Waals surface area contributed by atoms with Crippen molar-refractivity contribution in [2.75, 3.05) is 25.1 Å².